The Morgan fingerprint density at radius 1 is 1.08 bits per heavy atom. The second-order valence-electron chi connectivity index (χ2n) is 8.66. The molecule has 26 heavy (non-hydrogen) atoms. The van der Waals surface area contributed by atoms with Gasteiger partial charge < -0.3 is 9.80 Å². The van der Waals surface area contributed by atoms with Crippen molar-refractivity contribution in [2.75, 3.05) is 26.2 Å². The molecule has 2 atom stereocenters. The van der Waals surface area contributed by atoms with Crippen LogP contribution in [-0.2, 0) is 4.79 Å². The number of hydrogen-bond donors (Lipinski definition) is 0. The zero-order valence-electron chi connectivity index (χ0n) is 15.8. The number of likely N-dealkylation sites (tertiary alicyclic amines) is 2. The van der Waals surface area contributed by atoms with Crippen molar-refractivity contribution in [2.45, 2.75) is 46.0 Å². The Morgan fingerprint density at radius 2 is 1.81 bits per heavy atom. The van der Waals surface area contributed by atoms with Gasteiger partial charge in [-0.3, -0.25) is 9.59 Å². The van der Waals surface area contributed by atoms with Crippen molar-refractivity contribution in [1.82, 2.24) is 20.0 Å². The molecule has 0 N–H and O–H groups in total. The second-order valence-corrected chi connectivity index (χ2v) is 8.66. The number of aromatic nitrogens is 2. The summed E-state index contributed by atoms with van der Waals surface area (Å²) in [6.45, 7) is 7.36. The monoisotopic (exact) mass is 356 g/mol. The molecule has 4 rings (SSSR count). The molecule has 0 aromatic carbocycles. The zero-order valence-corrected chi connectivity index (χ0v) is 15.8. The van der Waals surface area contributed by atoms with E-state index in [9.17, 15) is 9.59 Å². The molecule has 3 fully saturated rings. The lowest BCUT2D eigenvalue weighted by molar-refractivity contribution is -0.139. The first kappa shape index (κ1) is 17.4. The number of carbonyl (C=O) groups excluding carboxylic acids is 2. The predicted molar refractivity (Wildman–Crippen MR) is 97.4 cm³/mol. The van der Waals surface area contributed by atoms with Crippen LogP contribution >= 0.6 is 0 Å². The smallest absolute Gasteiger partial charge is 0.274 e. The van der Waals surface area contributed by atoms with E-state index in [0.717, 1.165) is 57.6 Å². The standard InChI is InChI=1S/C20H28N4O2/c1-14-3-5-16(11-14)18(25)23-9-7-20(8-10-23)12-24(13-20)19(26)17-6-4-15(2)21-22-17/h4,6,14,16H,3,5,7-13H2,1-2H3. The van der Waals surface area contributed by atoms with Crippen LogP contribution in [0.5, 0.6) is 0 Å². The summed E-state index contributed by atoms with van der Waals surface area (Å²) >= 11 is 0. The average Bonchev–Trinajstić information content (AvgIpc) is 3.06. The third-order valence-electron chi connectivity index (χ3n) is 6.54. The fraction of sp³-hybridized carbons (Fsp3) is 0.700. The van der Waals surface area contributed by atoms with Crippen LogP contribution in [0.15, 0.2) is 12.1 Å². The Labute approximate surface area is 155 Å². The maximum atomic E-state index is 12.7. The number of aryl methyl sites for hydroxylation is 1. The summed E-state index contributed by atoms with van der Waals surface area (Å²) in [4.78, 5) is 29.1. The molecule has 0 radical (unpaired) electrons. The Morgan fingerprint density at radius 3 is 2.38 bits per heavy atom. The maximum Gasteiger partial charge on any atom is 0.274 e. The third-order valence-corrected chi connectivity index (χ3v) is 6.54. The highest BCUT2D eigenvalue weighted by Crippen LogP contribution is 2.42. The van der Waals surface area contributed by atoms with Crippen LogP contribution in [0.1, 0.15) is 55.2 Å². The van der Waals surface area contributed by atoms with E-state index in [0.29, 0.717) is 17.5 Å². The molecule has 1 aliphatic carbocycles. The minimum Gasteiger partial charge on any atom is -0.342 e. The highest BCUT2D eigenvalue weighted by atomic mass is 16.2. The van der Waals surface area contributed by atoms with Crippen molar-refractivity contribution in [2.24, 2.45) is 17.3 Å². The van der Waals surface area contributed by atoms with E-state index >= 15 is 0 Å². The molecule has 3 aliphatic rings. The quantitative estimate of drug-likeness (QED) is 0.815. The molecular formula is C20H28N4O2. The van der Waals surface area contributed by atoms with E-state index in [-0.39, 0.29) is 17.2 Å². The van der Waals surface area contributed by atoms with Crippen LogP contribution < -0.4 is 0 Å². The second kappa shape index (κ2) is 6.63. The van der Waals surface area contributed by atoms with Gasteiger partial charge in [0.15, 0.2) is 5.69 Å². The van der Waals surface area contributed by atoms with Gasteiger partial charge in [0.2, 0.25) is 5.91 Å². The lowest BCUT2D eigenvalue weighted by Gasteiger charge is -2.54. The van der Waals surface area contributed by atoms with Crippen molar-refractivity contribution in [3.05, 3.63) is 23.5 Å². The number of piperidine rings is 1. The average molecular weight is 356 g/mol. The van der Waals surface area contributed by atoms with Gasteiger partial charge in [0.25, 0.3) is 5.91 Å². The van der Waals surface area contributed by atoms with Gasteiger partial charge in [-0.25, -0.2) is 0 Å². The number of nitrogens with zero attached hydrogens (tertiary/aromatic N) is 4. The van der Waals surface area contributed by atoms with Gasteiger partial charge in [0.05, 0.1) is 5.69 Å². The molecule has 6 nitrogen and oxygen atoms in total. The largest absolute Gasteiger partial charge is 0.342 e. The highest BCUT2D eigenvalue weighted by Gasteiger charge is 2.48. The molecule has 1 aromatic rings. The number of carbonyl (C=O) groups is 2. The third kappa shape index (κ3) is 3.21. The van der Waals surface area contributed by atoms with E-state index < -0.39 is 0 Å². The first-order valence-electron chi connectivity index (χ1n) is 9.84. The molecule has 6 heteroatoms. The SMILES string of the molecule is Cc1ccc(C(=O)N2CC3(CCN(C(=O)C4CCC(C)C4)CC3)C2)nn1. The molecule has 0 bridgehead atoms. The van der Waals surface area contributed by atoms with Crippen molar-refractivity contribution in [3.8, 4) is 0 Å². The van der Waals surface area contributed by atoms with Crippen molar-refractivity contribution >= 4 is 11.8 Å². The summed E-state index contributed by atoms with van der Waals surface area (Å²) in [5.74, 6) is 1.28. The normalized spacial score (nSPS) is 27.5. The summed E-state index contributed by atoms with van der Waals surface area (Å²) in [6, 6.07) is 3.57. The number of hydrogen-bond acceptors (Lipinski definition) is 4. The first-order chi connectivity index (χ1) is 12.5. The molecule has 1 aromatic heterocycles. The van der Waals surface area contributed by atoms with Crippen LogP contribution in [0.25, 0.3) is 0 Å². The maximum absolute atomic E-state index is 12.7. The summed E-state index contributed by atoms with van der Waals surface area (Å²) < 4.78 is 0. The van der Waals surface area contributed by atoms with Crippen molar-refractivity contribution < 1.29 is 9.59 Å². The molecular weight excluding hydrogens is 328 g/mol. The molecule has 1 spiro atoms. The first-order valence-corrected chi connectivity index (χ1v) is 9.84. The zero-order chi connectivity index (χ0) is 18.3. The summed E-state index contributed by atoms with van der Waals surface area (Å²) in [6.07, 6.45) is 5.31. The minimum absolute atomic E-state index is 0.0263. The summed E-state index contributed by atoms with van der Waals surface area (Å²) in [5, 5.41) is 7.98. The Bertz CT molecular complexity index is 686. The molecule has 140 valence electrons. The Balaban J connectivity index is 1.28. The highest BCUT2D eigenvalue weighted by molar-refractivity contribution is 5.92. The van der Waals surface area contributed by atoms with Crippen LogP contribution in [0.4, 0.5) is 0 Å². The molecule has 2 unspecified atom stereocenters. The van der Waals surface area contributed by atoms with E-state index in [4.69, 9.17) is 0 Å². The minimum atomic E-state index is -0.0263. The molecule has 2 saturated heterocycles. The Kier molecular flexibility index (Phi) is 4.45. The van der Waals surface area contributed by atoms with Crippen LogP contribution in [0, 0.1) is 24.2 Å². The van der Waals surface area contributed by atoms with E-state index in [1.54, 1.807) is 6.07 Å². The van der Waals surface area contributed by atoms with Gasteiger partial charge in [0, 0.05) is 37.5 Å². The van der Waals surface area contributed by atoms with E-state index in [2.05, 4.69) is 22.0 Å². The van der Waals surface area contributed by atoms with Gasteiger partial charge in [-0.15, -0.1) is 5.10 Å². The van der Waals surface area contributed by atoms with Gasteiger partial charge >= 0.3 is 0 Å². The molecule has 2 amide bonds. The van der Waals surface area contributed by atoms with E-state index in [1.165, 1.54) is 6.42 Å². The molecule has 1 saturated carbocycles. The predicted octanol–water partition coefficient (Wildman–Crippen LogP) is 2.29. The van der Waals surface area contributed by atoms with Crippen LogP contribution in [0.3, 0.4) is 0 Å². The van der Waals surface area contributed by atoms with Gasteiger partial charge in [0.1, 0.15) is 0 Å². The van der Waals surface area contributed by atoms with Crippen LogP contribution in [0.2, 0.25) is 0 Å². The van der Waals surface area contributed by atoms with Crippen molar-refractivity contribution in [1.29, 1.82) is 0 Å². The fourth-order valence-corrected chi connectivity index (χ4v) is 4.79. The number of amides is 2. The fourth-order valence-electron chi connectivity index (χ4n) is 4.79. The van der Waals surface area contributed by atoms with Gasteiger partial charge in [-0.2, -0.15) is 5.10 Å². The Hall–Kier alpha value is -1.98. The van der Waals surface area contributed by atoms with Crippen LogP contribution in [-0.4, -0.2) is 58.0 Å². The lowest BCUT2D eigenvalue weighted by Crippen LogP contribution is -2.62. The molecule has 2 aliphatic heterocycles. The topological polar surface area (TPSA) is 66.4 Å². The lowest BCUT2D eigenvalue weighted by atomic mass is 9.71. The summed E-state index contributed by atoms with van der Waals surface area (Å²) in [5.41, 5.74) is 1.44. The van der Waals surface area contributed by atoms with Gasteiger partial charge in [-0.1, -0.05) is 6.92 Å². The summed E-state index contributed by atoms with van der Waals surface area (Å²) in [7, 11) is 0. The van der Waals surface area contributed by atoms with Crippen molar-refractivity contribution in [3.63, 3.8) is 0 Å². The molecule has 3 heterocycles. The van der Waals surface area contributed by atoms with E-state index in [1.807, 2.05) is 17.9 Å². The number of rotatable bonds is 2. The van der Waals surface area contributed by atoms with Gasteiger partial charge in [-0.05, 0) is 57.1 Å².